The highest BCUT2D eigenvalue weighted by Crippen LogP contribution is 2.30. The second-order valence-corrected chi connectivity index (χ2v) is 7.86. The number of esters is 1. The SMILES string of the molecule is COCCOC(=O)c1c(C)[nH]c(C(=O)Nc2nc(-c3ccc(C)c([N+](=O)[O-])c3)cs2)c1C. The Morgan fingerprint density at radius 3 is 2.69 bits per heavy atom. The third-order valence-corrected chi connectivity index (χ3v) is 5.57. The molecule has 2 heterocycles. The molecule has 0 aliphatic carbocycles. The average Bonchev–Trinajstić information content (AvgIpc) is 3.32. The quantitative estimate of drug-likeness (QED) is 0.225. The van der Waals surface area contributed by atoms with Crippen LogP contribution in [0.15, 0.2) is 23.6 Å². The van der Waals surface area contributed by atoms with Crippen molar-refractivity contribution in [1.82, 2.24) is 9.97 Å². The summed E-state index contributed by atoms with van der Waals surface area (Å²) in [6.07, 6.45) is 0. The van der Waals surface area contributed by atoms with Crippen molar-refractivity contribution in [1.29, 1.82) is 0 Å². The Morgan fingerprint density at radius 1 is 1.25 bits per heavy atom. The monoisotopic (exact) mass is 458 g/mol. The molecule has 0 aliphatic heterocycles. The van der Waals surface area contributed by atoms with Gasteiger partial charge in [-0.2, -0.15) is 0 Å². The molecule has 2 N–H and O–H groups in total. The summed E-state index contributed by atoms with van der Waals surface area (Å²) in [4.78, 5) is 43.1. The van der Waals surface area contributed by atoms with Gasteiger partial charge in [0.2, 0.25) is 0 Å². The number of nitrogens with one attached hydrogen (secondary N) is 2. The smallest absolute Gasteiger partial charge is 0.340 e. The molecule has 0 spiro atoms. The van der Waals surface area contributed by atoms with Crippen LogP contribution in [-0.2, 0) is 9.47 Å². The third-order valence-electron chi connectivity index (χ3n) is 4.82. The lowest BCUT2D eigenvalue weighted by molar-refractivity contribution is -0.385. The first-order valence-corrected chi connectivity index (χ1v) is 10.5. The number of nitro groups is 1. The van der Waals surface area contributed by atoms with Crippen LogP contribution in [0.4, 0.5) is 10.8 Å². The van der Waals surface area contributed by atoms with Crippen LogP contribution < -0.4 is 5.32 Å². The van der Waals surface area contributed by atoms with Gasteiger partial charge in [0.1, 0.15) is 12.3 Å². The summed E-state index contributed by atoms with van der Waals surface area (Å²) in [5.74, 6) is -0.998. The zero-order valence-corrected chi connectivity index (χ0v) is 18.8. The maximum Gasteiger partial charge on any atom is 0.340 e. The summed E-state index contributed by atoms with van der Waals surface area (Å²) >= 11 is 1.19. The van der Waals surface area contributed by atoms with E-state index in [9.17, 15) is 19.7 Å². The minimum absolute atomic E-state index is 0.00323. The number of benzene rings is 1. The summed E-state index contributed by atoms with van der Waals surface area (Å²) in [5, 5.41) is 15.9. The van der Waals surface area contributed by atoms with Crippen LogP contribution in [0.3, 0.4) is 0 Å². The number of hydrogen-bond acceptors (Lipinski definition) is 8. The fraction of sp³-hybridized carbons (Fsp3) is 0.286. The Balaban J connectivity index is 1.77. The van der Waals surface area contributed by atoms with Gasteiger partial charge >= 0.3 is 5.97 Å². The first kappa shape index (κ1) is 23.1. The van der Waals surface area contributed by atoms with Crippen LogP contribution in [-0.4, -0.2) is 47.1 Å². The van der Waals surface area contributed by atoms with Gasteiger partial charge in [-0.1, -0.05) is 12.1 Å². The molecule has 168 valence electrons. The average molecular weight is 458 g/mol. The number of amides is 1. The second kappa shape index (κ2) is 9.71. The Kier molecular flexibility index (Phi) is 7.01. The zero-order chi connectivity index (χ0) is 23.4. The van der Waals surface area contributed by atoms with Crippen molar-refractivity contribution in [3.63, 3.8) is 0 Å². The number of aromatic amines is 1. The molecule has 10 nitrogen and oxygen atoms in total. The molecule has 1 aromatic carbocycles. The highest BCUT2D eigenvalue weighted by molar-refractivity contribution is 7.14. The second-order valence-electron chi connectivity index (χ2n) is 7.00. The first-order chi connectivity index (χ1) is 15.2. The minimum atomic E-state index is -0.537. The molecule has 0 atom stereocenters. The van der Waals surface area contributed by atoms with Gasteiger partial charge in [0.15, 0.2) is 5.13 Å². The minimum Gasteiger partial charge on any atom is -0.460 e. The number of nitro benzene ring substituents is 1. The molecular formula is C21H22N4O6S. The van der Waals surface area contributed by atoms with E-state index in [0.29, 0.717) is 38.8 Å². The van der Waals surface area contributed by atoms with Crippen LogP contribution in [0.5, 0.6) is 0 Å². The van der Waals surface area contributed by atoms with E-state index in [0.717, 1.165) is 0 Å². The van der Waals surface area contributed by atoms with Crippen LogP contribution in [0.25, 0.3) is 11.3 Å². The van der Waals surface area contributed by atoms with Gasteiger partial charge < -0.3 is 14.5 Å². The topological polar surface area (TPSA) is 136 Å². The van der Waals surface area contributed by atoms with E-state index < -0.39 is 16.8 Å². The number of aryl methyl sites for hydroxylation is 2. The number of aromatic nitrogens is 2. The molecule has 11 heteroatoms. The van der Waals surface area contributed by atoms with Gasteiger partial charge in [0.05, 0.1) is 22.8 Å². The summed E-state index contributed by atoms with van der Waals surface area (Å²) in [6.45, 7) is 5.39. The fourth-order valence-electron chi connectivity index (χ4n) is 3.16. The molecule has 0 radical (unpaired) electrons. The molecule has 0 saturated heterocycles. The van der Waals surface area contributed by atoms with Crippen LogP contribution >= 0.6 is 11.3 Å². The number of rotatable bonds is 8. The molecule has 2 aromatic heterocycles. The lowest BCUT2D eigenvalue weighted by Gasteiger charge is -2.05. The molecule has 3 rings (SSSR count). The van der Waals surface area contributed by atoms with E-state index in [1.807, 2.05) is 0 Å². The molecular weight excluding hydrogens is 436 g/mol. The van der Waals surface area contributed by atoms with Crippen molar-refractivity contribution < 1.29 is 24.0 Å². The summed E-state index contributed by atoms with van der Waals surface area (Å²) in [7, 11) is 1.51. The summed E-state index contributed by atoms with van der Waals surface area (Å²) in [5.41, 5.74) is 3.15. The van der Waals surface area contributed by atoms with Crippen molar-refractivity contribution in [2.24, 2.45) is 0 Å². The van der Waals surface area contributed by atoms with Crippen LogP contribution in [0.2, 0.25) is 0 Å². The number of methoxy groups -OCH3 is 1. The van der Waals surface area contributed by atoms with Crippen molar-refractivity contribution in [2.45, 2.75) is 20.8 Å². The van der Waals surface area contributed by atoms with Gasteiger partial charge in [0.25, 0.3) is 11.6 Å². The van der Waals surface area contributed by atoms with E-state index in [-0.39, 0.29) is 24.6 Å². The number of thiazole rings is 1. The van der Waals surface area contributed by atoms with Crippen LogP contribution in [0, 0.1) is 30.9 Å². The number of hydrogen-bond donors (Lipinski definition) is 2. The Bertz CT molecular complexity index is 1180. The molecule has 0 fully saturated rings. The number of carbonyl (C=O) groups is 2. The maximum absolute atomic E-state index is 12.8. The standard InChI is InChI=1S/C21H22N4O6S/c1-11-5-6-14(9-16(11)25(28)29)15-10-32-21(23-15)24-19(26)18-12(2)17(13(3)22-18)20(27)31-8-7-30-4/h5-6,9-10,22H,7-8H2,1-4H3,(H,23,24,26). The molecule has 0 unspecified atom stereocenters. The number of anilines is 1. The van der Waals surface area contributed by atoms with E-state index in [2.05, 4.69) is 15.3 Å². The van der Waals surface area contributed by atoms with Crippen molar-refractivity contribution >= 4 is 34.0 Å². The normalized spacial score (nSPS) is 10.8. The highest BCUT2D eigenvalue weighted by Gasteiger charge is 2.24. The van der Waals surface area contributed by atoms with Crippen molar-refractivity contribution in [2.75, 3.05) is 25.6 Å². The number of H-pyrrole nitrogens is 1. The van der Waals surface area contributed by atoms with E-state index >= 15 is 0 Å². The molecule has 3 aromatic rings. The molecule has 1 amide bonds. The van der Waals surface area contributed by atoms with Crippen LogP contribution in [0.1, 0.15) is 37.7 Å². The Morgan fingerprint density at radius 2 is 2.00 bits per heavy atom. The zero-order valence-electron chi connectivity index (χ0n) is 18.0. The van der Waals surface area contributed by atoms with Gasteiger partial charge in [-0.15, -0.1) is 11.3 Å². The summed E-state index contributed by atoms with van der Waals surface area (Å²) in [6, 6.07) is 4.85. The fourth-order valence-corrected chi connectivity index (χ4v) is 3.88. The van der Waals surface area contributed by atoms with Gasteiger partial charge in [0, 0.05) is 35.4 Å². The predicted molar refractivity (Wildman–Crippen MR) is 119 cm³/mol. The van der Waals surface area contributed by atoms with Gasteiger partial charge in [-0.3, -0.25) is 20.2 Å². The van der Waals surface area contributed by atoms with E-state index in [1.54, 1.807) is 38.3 Å². The lowest BCUT2D eigenvalue weighted by Crippen LogP contribution is -2.14. The first-order valence-electron chi connectivity index (χ1n) is 9.60. The van der Waals surface area contributed by atoms with Crippen molar-refractivity contribution in [3.05, 3.63) is 61.8 Å². The Labute approximate surface area is 187 Å². The molecule has 0 bridgehead atoms. The highest BCUT2D eigenvalue weighted by atomic mass is 32.1. The van der Waals surface area contributed by atoms with E-state index in [1.165, 1.54) is 24.5 Å². The van der Waals surface area contributed by atoms with E-state index in [4.69, 9.17) is 9.47 Å². The Hall–Kier alpha value is -3.57. The molecule has 0 saturated carbocycles. The number of ether oxygens (including phenoxy) is 2. The predicted octanol–water partition coefficient (Wildman–Crippen LogP) is 4.03. The third kappa shape index (κ3) is 4.84. The number of carbonyl (C=O) groups excluding carboxylic acids is 2. The number of nitrogens with zero attached hydrogens (tertiary/aromatic N) is 2. The molecule has 0 aliphatic rings. The van der Waals surface area contributed by atoms with Crippen molar-refractivity contribution in [3.8, 4) is 11.3 Å². The largest absolute Gasteiger partial charge is 0.460 e. The van der Waals surface area contributed by atoms with Gasteiger partial charge in [-0.25, -0.2) is 9.78 Å². The summed E-state index contributed by atoms with van der Waals surface area (Å²) < 4.78 is 10.0. The maximum atomic E-state index is 12.8. The molecule has 32 heavy (non-hydrogen) atoms. The lowest BCUT2D eigenvalue weighted by atomic mass is 10.1. The van der Waals surface area contributed by atoms with Gasteiger partial charge in [-0.05, 0) is 26.3 Å².